The first-order chi connectivity index (χ1) is 13.0. The molecule has 0 unspecified atom stereocenters. The van der Waals surface area contributed by atoms with Gasteiger partial charge in [0.1, 0.15) is 5.76 Å². The fraction of sp³-hybridized carbons (Fsp3) is 0.526. The van der Waals surface area contributed by atoms with Gasteiger partial charge < -0.3 is 24.1 Å². The normalized spacial score (nSPS) is 14.9. The minimum atomic E-state index is -0.0569. The molecular formula is C19H29IN6O2. The van der Waals surface area contributed by atoms with E-state index in [-0.39, 0.29) is 29.5 Å². The summed E-state index contributed by atoms with van der Waals surface area (Å²) in [5.74, 6) is 2.37. The van der Waals surface area contributed by atoms with Gasteiger partial charge in [0.2, 0.25) is 0 Å². The van der Waals surface area contributed by atoms with E-state index in [9.17, 15) is 4.79 Å². The molecule has 2 aromatic rings. The van der Waals surface area contributed by atoms with E-state index in [4.69, 9.17) is 9.41 Å². The Bertz CT molecular complexity index is 810. The lowest BCUT2D eigenvalue weighted by molar-refractivity contribution is 0.366. The van der Waals surface area contributed by atoms with Crippen LogP contribution in [0.3, 0.4) is 0 Å². The molecule has 8 nitrogen and oxygen atoms in total. The summed E-state index contributed by atoms with van der Waals surface area (Å²) < 4.78 is 6.94. The Morgan fingerprint density at radius 1 is 1.32 bits per heavy atom. The van der Waals surface area contributed by atoms with Gasteiger partial charge in [-0.2, -0.15) is 0 Å². The zero-order valence-corrected chi connectivity index (χ0v) is 19.0. The number of piperazine rings is 1. The number of aliphatic imine (C=N–C) groups is 1. The Labute approximate surface area is 182 Å². The van der Waals surface area contributed by atoms with Gasteiger partial charge in [-0.05, 0) is 26.0 Å². The van der Waals surface area contributed by atoms with Crippen molar-refractivity contribution in [3.63, 3.8) is 0 Å². The molecule has 0 amide bonds. The number of nitrogens with zero attached hydrogens (tertiary/aromatic N) is 5. The molecule has 1 aliphatic rings. The highest BCUT2D eigenvalue weighted by molar-refractivity contribution is 14.0. The Kier molecular flexibility index (Phi) is 8.34. The van der Waals surface area contributed by atoms with Gasteiger partial charge in [0.15, 0.2) is 11.8 Å². The predicted molar refractivity (Wildman–Crippen MR) is 122 cm³/mol. The van der Waals surface area contributed by atoms with Gasteiger partial charge >= 0.3 is 0 Å². The van der Waals surface area contributed by atoms with Gasteiger partial charge in [-0.15, -0.1) is 24.0 Å². The molecule has 28 heavy (non-hydrogen) atoms. The molecule has 0 radical (unpaired) electrons. The van der Waals surface area contributed by atoms with Crippen molar-refractivity contribution in [3.8, 4) is 0 Å². The molecule has 0 saturated carbocycles. The number of nitrogens with one attached hydrogen (secondary N) is 1. The van der Waals surface area contributed by atoms with Crippen molar-refractivity contribution < 1.29 is 4.42 Å². The highest BCUT2D eigenvalue weighted by atomic mass is 127. The standard InChI is InChI=1S/C19H28N6O2.HI/c1-15(2)22-19(21-7-6-16-5-4-14-27-16)25-12-10-24(11-13-25)17-18(26)23(3)9-8-20-17;/h4-5,8-9,14-15H,6-7,10-13H2,1-3H3,(H,21,22);1H. The summed E-state index contributed by atoms with van der Waals surface area (Å²) in [5, 5.41) is 3.45. The molecular weight excluding hydrogens is 471 g/mol. The Morgan fingerprint density at radius 2 is 2.07 bits per heavy atom. The first-order valence-electron chi connectivity index (χ1n) is 9.39. The van der Waals surface area contributed by atoms with Gasteiger partial charge in [0.05, 0.1) is 6.26 Å². The molecule has 9 heteroatoms. The summed E-state index contributed by atoms with van der Waals surface area (Å²) in [6.45, 7) is 7.94. The summed E-state index contributed by atoms with van der Waals surface area (Å²) in [7, 11) is 1.75. The maximum absolute atomic E-state index is 12.3. The van der Waals surface area contributed by atoms with E-state index in [2.05, 4.69) is 33.9 Å². The Balaban J connectivity index is 0.00000280. The van der Waals surface area contributed by atoms with E-state index >= 15 is 0 Å². The summed E-state index contributed by atoms with van der Waals surface area (Å²) >= 11 is 0. The van der Waals surface area contributed by atoms with Crippen LogP contribution in [-0.2, 0) is 13.5 Å². The first-order valence-corrected chi connectivity index (χ1v) is 9.39. The second-order valence-corrected chi connectivity index (χ2v) is 6.97. The second-order valence-electron chi connectivity index (χ2n) is 6.97. The van der Waals surface area contributed by atoms with Crippen LogP contribution in [0.5, 0.6) is 0 Å². The van der Waals surface area contributed by atoms with E-state index in [1.54, 1.807) is 30.3 Å². The minimum absolute atomic E-state index is 0. The molecule has 1 saturated heterocycles. The summed E-state index contributed by atoms with van der Waals surface area (Å²) in [6, 6.07) is 4.17. The van der Waals surface area contributed by atoms with Crippen molar-refractivity contribution in [1.82, 2.24) is 19.8 Å². The maximum atomic E-state index is 12.3. The van der Waals surface area contributed by atoms with Gasteiger partial charge in [-0.1, -0.05) is 0 Å². The van der Waals surface area contributed by atoms with Crippen LogP contribution in [0.4, 0.5) is 5.82 Å². The average molecular weight is 500 g/mol. The van der Waals surface area contributed by atoms with Crippen LogP contribution in [0, 0.1) is 0 Å². The third kappa shape index (κ3) is 5.73. The average Bonchev–Trinajstić information content (AvgIpc) is 3.17. The number of anilines is 1. The molecule has 3 heterocycles. The number of aryl methyl sites for hydroxylation is 1. The fourth-order valence-corrected chi connectivity index (χ4v) is 3.05. The zero-order valence-electron chi connectivity index (χ0n) is 16.7. The zero-order chi connectivity index (χ0) is 19.2. The van der Waals surface area contributed by atoms with Crippen molar-refractivity contribution in [1.29, 1.82) is 0 Å². The van der Waals surface area contributed by atoms with Crippen LogP contribution in [0.2, 0.25) is 0 Å². The SMILES string of the molecule is CC(C)NC(=NCCc1ccco1)N1CCN(c2nccn(C)c2=O)CC1.I. The van der Waals surface area contributed by atoms with E-state index in [1.807, 2.05) is 12.1 Å². The van der Waals surface area contributed by atoms with Gasteiger partial charge in [-0.3, -0.25) is 9.79 Å². The number of aromatic nitrogens is 2. The number of halogens is 1. The monoisotopic (exact) mass is 500 g/mol. The Morgan fingerprint density at radius 3 is 2.71 bits per heavy atom. The number of hydrogen-bond acceptors (Lipinski definition) is 5. The van der Waals surface area contributed by atoms with E-state index < -0.39 is 0 Å². The number of rotatable bonds is 5. The van der Waals surface area contributed by atoms with E-state index in [0.717, 1.165) is 44.3 Å². The maximum Gasteiger partial charge on any atom is 0.293 e. The molecule has 1 N–H and O–H groups in total. The van der Waals surface area contributed by atoms with Crippen LogP contribution in [0.25, 0.3) is 0 Å². The molecule has 0 atom stereocenters. The summed E-state index contributed by atoms with van der Waals surface area (Å²) in [6.07, 6.45) is 5.82. The molecule has 2 aromatic heterocycles. The lowest BCUT2D eigenvalue weighted by Crippen LogP contribution is -2.54. The van der Waals surface area contributed by atoms with Crippen LogP contribution >= 0.6 is 24.0 Å². The van der Waals surface area contributed by atoms with Crippen molar-refractivity contribution in [2.75, 3.05) is 37.6 Å². The molecule has 0 aromatic carbocycles. The minimum Gasteiger partial charge on any atom is -0.469 e. The van der Waals surface area contributed by atoms with Crippen molar-refractivity contribution >= 4 is 35.8 Å². The highest BCUT2D eigenvalue weighted by Gasteiger charge is 2.23. The molecule has 0 spiro atoms. The predicted octanol–water partition coefficient (Wildman–Crippen LogP) is 1.71. The van der Waals surface area contributed by atoms with Crippen LogP contribution in [0.15, 0.2) is 45.0 Å². The van der Waals surface area contributed by atoms with Crippen molar-refractivity contribution in [2.45, 2.75) is 26.3 Å². The van der Waals surface area contributed by atoms with Crippen LogP contribution < -0.4 is 15.8 Å². The summed E-state index contributed by atoms with van der Waals surface area (Å²) in [4.78, 5) is 25.6. The fourth-order valence-electron chi connectivity index (χ4n) is 3.05. The molecule has 1 aliphatic heterocycles. The van der Waals surface area contributed by atoms with Crippen molar-refractivity contribution in [2.24, 2.45) is 12.0 Å². The highest BCUT2D eigenvalue weighted by Crippen LogP contribution is 2.09. The smallest absolute Gasteiger partial charge is 0.293 e. The lowest BCUT2D eigenvalue weighted by atomic mass is 10.3. The van der Waals surface area contributed by atoms with Crippen molar-refractivity contribution in [3.05, 3.63) is 46.9 Å². The van der Waals surface area contributed by atoms with Crippen LogP contribution in [0.1, 0.15) is 19.6 Å². The molecule has 1 fully saturated rings. The second kappa shape index (κ2) is 10.5. The first kappa shape index (κ1) is 22.3. The van der Waals surface area contributed by atoms with Gasteiger partial charge in [0, 0.05) is 64.6 Å². The largest absolute Gasteiger partial charge is 0.469 e. The quantitative estimate of drug-likeness (QED) is 0.383. The molecule has 0 bridgehead atoms. The number of furan rings is 1. The third-order valence-electron chi connectivity index (χ3n) is 4.50. The topological polar surface area (TPSA) is 78.9 Å². The molecule has 3 rings (SSSR count). The van der Waals surface area contributed by atoms with E-state index in [0.29, 0.717) is 18.4 Å². The summed E-state index contributed by atoms with van der Waals surface area (Å²) in [5.41, 5.74) is -0.0569. The number of guanidine groups is 1. The third-order valence-corrected chi connectivity index (χ3v) is 4.50. The Hall–Kier alpha value is -2.04. The van der Waals surface area contributed by atoms with Gasteiger partial charge in [0.25, 0.3) is 5.56 Å². The number of hydrogen-bond donors (Lipinski definition) is 1. The molecule has 0 aliphatic carbocycles. The van der Waals surface area contributed by atoms with Crippen LogP contribution in [-0.4, -0.2) is 59.2 Å². The van der Waals surface area contributed by atoms with E-state index in [1.165, 1.54) is 0 Å². The molecule has 154 valence electrons. The van der Waals surface area contributed by atoms with Gasteiger partial charge in [-0.25, -0.2) is 4.98 Å². The lowest BCUT2D eigenvalue weighted by Gasteiger charge is -2.37.